The molecule has 0 radical (unpaired) electrons. The maximum absolute atomic E-state index is 13.3. The molecule has 1 unspecified atom stereocenters. The zero-order valence-electron chi connectivity index (χ0n) is 12.5. The first-order chi connectivity index (χ1) is 11.1. The van der Waals surface area contributed by atoms with Crippen LogP contribution in [0.15, 0.2) is 54.6 Å². The Morgan fingerprint density at radius 1 is 1.17 bits per heavy atom. The van der Waals surface area contributed by atoms with Crippen LogP contribution in [0.4, 0.5) is 10.1 Å². The monoisotopic (exact) mass is 312 g/mol. The Morgan fingerprint density at radius 2 is 1.96 bits per heavy atom. The third kappa shape index (κ3) is 3.74. The summed E-state index contributed by atoms with van der Waals surface area (Å²) in [5.41, 5.74) is 1.45. The van der Waals surface area contributed by atoms with E-state index in [4.69, 9.17) is 0 Å². The highest BCUT2D eigenvalue weighted by molar-refractivity contribution is 5.96. The molecule has 23 heavy (non-hydrogen) atoms. The van der Waals surface area contributed by atoms with Gasteiger partial charge in [-0.1, -0.05) is 36.4 Å². The SMILES string of the molecule is O=C(Cc1ccccc1)NC1CC(=O)N(c2cccc(F)c2)C1. The largest absolute Gasteiger partial charge is 0.351 e. The Kier molecular flexibility index (Phi) is 4.37. The van der Waals surface area contributed by atoms with E-state index in [2.05, 4.69) is 5.32 Å². The van der Waals surface area contributed by atoms with Gasteiger partial charge in [-0.2, -0.15) is 0 Å². The molecule has 1 aliphatic heterocycles. The molecule has 1 atom stereocenters. The van der Waals surface area contributed by atoms with Gasteiger partial charge in [-0.25, -0.2) is 4.39 Å². The number of nitrogens with zero attached hydrogens (tertiary/aromatic N) is 1. The minimum Gasteiger partial charge on any atom is -0.351 e. The molecule has 0 spiro atoms. The molecule has 118 valence electrons. The fourth-order valence-electron chi connectivity index (χ4n) is 2.76. The van der Waals surface area contributed by atoms with Crippen molar-refractivity contribution >= 4 is 17.5 Å². The number of amides is 2. The van der Waals surface area contributed by atoms with Crippen molar-refractivity contribution < 1.29 is 14.0 Å². The summed E-state index contributed by atoms with van der Waals surface area (Å²) < 4.78 is 13.3. The average molecular weight is 312 g/mol. The summed E-state index contributed by atoms with van der Waals surface area (Å²) in [5.74, 6) is -0.609. The second-order valence-electron chi connectivity index (χ2n) is 5.62. The zero-order valence-corrected chi connectivity index (χ0v) is 12.5. The Morgan fingerprint density at radius 3 is 2.70 bits per heavy atom. The minimum atomic E-state index is -0.383. The molecule has 0 aliphatic carbocycles. The van der Waals surface area contributed by atoms with Gasteiger partial charge in [-0.05, 0) is 23.8 Å². The lowest BCUT2D eigenvalue weighted by Crippen LogP contribution is -2.38. The van der Waals surface area contributed by atoms with Gasteiger partial charge in [0.25, 0.3) is 0 Å². The number of hydrogen-bond donors (Lipinski definition) is 1. The molecule has 2 aromatic carbocycles. The molecule has 3 rings (SSSR count). The fourth-order valence-corrected chi connectivity index (χ4v) is 2.76. The predicted octanol–water partition coefficient (Wildman–Crippen LogP) is 2.29. The molecule has 2 amide bonds. The van der Waals surface area contributed by atoms with E-state index in [1.165, 1.54) is 17.0 Å². The Balaban J connectivity index is 1.60. The molecular formula is C18H17FN2O2. The first kappa shape index (κ1) is 15.2. The highest BCUT2D eigenvalue weighted by Gasteiger charge is 2.31. The lowest BCUT2D eigenvalue weighted by atomic mass is 10.1. The van der Waals surface area contributed by atoms with Crippen molar-refractivity contribution in [2.45, 2.75) is 18.9 Å². The van der Waals surface area contributed by atoms with E-state index in [0.717, 1.165) is 5.56 Å². The van der Waals surface area contributed by atoms with E-state index in [9.17, 15) is 14.0 Å². The maximum Gasteiger partial charge on any atom is 0.229 e. The molecule has 4 nitrogen and oxygen atoms in total. The first-order valence-electron chi connectivity index (χ1n) is 7.51. The van der Waals surface area contributed by atoms with Crippen LogP contribution in [0, 0.1) is 5.82 Å². The van der Waals surface area contributed by atoms with Gasteiger partial charge in [0, 0.05) is 18.7 Å². The van der Waals surface area contributed by atoms with Crippen LogP contribution in [0.3, 0.4) is 0 Å². The zero-order chi connectivity index (χ0) is 16.2. The number of carbonyl (C=O) groups is 2. The van der Waals surface area contributed by atoms with Crippen molar-refractivity contribution in [2.24, 2.45) is 0 Å². The highest BCUT2D eigenvalue weighted by atomic mass is 19.1. The molecule has 1 heterocycles. The van der Waals surface area contributed by atoms with Gasteiger partial charge in [0.2, 0.25) is 11.8 Å². The Labute approximate surface area is 133 Å². The lowest BCUT2D eigenvalue weighted by molar-refractivity contribution is -0.121. The van der Waals surface area contributed by atoms with Crippen molar-refractivity contribution in [1.29, 1.82) is 0 Å². The number of carbonyl (C=O) groups excluding carboxylic acids is 2. The van der Waals surface area contributed by atoms with Crippen molar-refractivity contribution in [3.63, 3.8) is 0 Å². The number of benzene rings is 2. The summed E-state index contributed by atoms with van der Waals surface area (Å²) in [4.78, 5) is 25.7. The van der Waals surface area contributed by atoms with Gasteiger partial charge in [0.05, 0.1) is 12.5 Å². The second kappa shape index (κ2) is 6.60. The summed E-state index contributed by atoms with van der Waals surface area (Å²) in [5, 5.41) is 2.88. The summed E-state index contributed by atoms with van der Waals surface area (Å²) >= 11 is 0. The number of halogens is 1. The third-order valence-corrected chi connectivity index (χ3v) is 3.82. The van der Waals surface area contributed by atoms with Gasteiger partial charge in [0.1, 0.15) is 5.82 Å². The van der Waals surface area contributed by atoms with Gasteiger partial charge in [-0.15, -0.1) is 0 Å². The van der Waals surface area contributed by atoms with Gasteiger partial charge in [0.15, 0.2) is 0 Å². The molecule has 1 fully saturated rings. The van der Waals surface area contributed by atoms with E-state index in [0.29, 0.717) is 12.2 Å². The van der Waals surface area contributed by atoms with Crippen molar-refractivity contribution in [2.75, 3.05) is 11.4 Å². The summed E-state index contributed by atoms with van der Waals surface area (Å²) in [6, 6.07) is 15.1. The van der Waals surface area contributed by atoms with E-state index in [-0.39, 0.29) is 36.5 Å². The van der Waals surface area contributed by atoms with Crippen LogP contribution in [-0.2, 0) is 16.0 Å². The lowest BCUT2D eigenvalue weighted by Gasteiger charge is -2.17. The Hall–Kier alpha value is -2.69. The van der Waals surface area contributed by atoms with Gasteiger partial charge >= 0.3 is 0 Å². The first-order valence-corrected chi connectivity index (χ1v) is 7.51. The summed E-state index contributed by atoms with van der Waals surface area (Å²) in [6.07, 6.45) is 0.516. The quantitative estimate of drug-likeness (QED) is 0.942. The van der Waals surface area contributed by atoms with E-state index >= 15 is 0 Å². The standard InChI is InChI=1S/C18H17FN2O2/c19-14-7-4-8-16(10-14)21-12-15(11-18(21)23)20-17(22)9-13-5-2-1-3-6-13/h1-8,10,15H,9,11-12H2,(H,20,22). The molecule has 0 saturated carbocycles. The molecule has 1 aliphatic rings. The third-order valence-electron chi connectivity index (χ3n) is 3.82. The number of rotatable bonds is 4. The van der Waals surface area contributed by atoms with E-state index < -0.39 is 0 Å². The molecule has 2 aromatic rings. The van der Waals surface area contributed by atoms with E-state index in [1.807, 2.05) is 30.3 Å². The van der Waals surface area contributed by atoms with Crippen LogP contribution in [0.1, 0.15) is 12.0 Å². The normalized spacial score (nSPS) is 17.3. The van der Waals surface area contributed by atoms with Crippen LogP contribution in [0.2, 0.25) is 0 Å². The van der Waals surface area contributed by atoms with Crippen LogP contribution in [-0.4, -0.2) is 24.4 Å². The summed E-state index contributed by atoms with van der Waals surface area (Å²) in [6.45, 7) is 0.364. The van der Waals surface area contributed by atoms with E-state index in [1.54, 1.807) is 12.1 Å². The molecule has 1 saturated heterocycles. The Bertz CT molecular complexity index is 718. The van der Waals surface area contributed by atoms with Crippen molar-refractivity contribution in [1.82, 2.24) is 5.32 Å². The minimum absolute atomic E-state index is 0.111. The molecule has 1 N–H and O–H groups in total. The molecule has 0 bridgehead atoms. The van der Waals surface area contributed by atoms with Crippen LogP contribution in [0.25, 0.3) is 0 Å². The van der Waals surface area contributed by atoms with Gasteiger partial charge < -0.3 is 10.2 Å². The van der Waals surface area contributed by atoms with Gasteiger partial charge in [-0.3, -0.25) is 9.59 Å². The van der Waals surface area contributed by atoms with Crippen LogP contribution >= 0.6 is 0 Å². The second-order valence-corrected chi connectivity index (χ2v) is 5.62. The smallest absolute Gasteiger partial charge is 0.229 e. The molecule has 0 aromatic heterocycles. The average Bonchev–Trinajstić information content (AvgIpc) is 2.88. The topological polar surface area (TPSA) is 49.4 Å². The molecular weight excluding hydrogens is 295 g/mol. The van der Waals surface area contributed by atoms with Crippen molar-refractivity contribution in [3.8, 4) is 0 Å². The number of anilines is 1. The summed E-state index contributed by atoms with van der Waals surface area (Å²) in [7, 11) is 0. The predicted molar refractivity (Wildman–Crippen MR) is 85.4 cm³/mol. The fraction of sp³-hybridized carbons (Fsp3) is 0.222. The van der Waals surface area contributed by atoms with Crippen LogP contribution in [0.5, 0.6) is 0 Å². The van der Waals surface area contributed by atoms with Crippen molar-refractivity contribution in [3.05, 3.63) is 66.0 Å². The number of nitrogens with one attached hydrogen (secondary N) is 1. The maximum atomic E-state index is 13.3. The van der Waals surface area contributed by atoms with Crippen LogP contribution < -0.4 is 10.2 Å². The number of hydrogen-bond acceptors (Lipinski definition) is 2. The molecule has 5 heteroatoms. The highest BCUT2D eigenvalue weighted by Crippen LogP contribution is 2.22.